The molecule has 0 aromatic heterocycles. The summed E-state index contributed by atoms with van der Waals surface area (Å²) in [6.45, 7) is 1.19. The summed E-state index contributed by atoms with van der Waals surface area (Å²) in [5, 5.41) is 2.70. The fourth-order valence-electron chi connectivity index (χ4n) is 4.03. The Bertz CT molecular complexity index is 1150. The Morgan fingerprint density at radius 1 is 1.03 bits per heavy atom. The van der Waals surface area contributed by atoms with Crippen LogP contribution in [0.15, 0.2) is 48.5 Å². The molecular weight excluding hydrogens is 458 g/mol. The van der Waals surface area contributed by atoms with Gasteiger partial charge in [0.1, 0.15) is 12.6 Å². The number of rotatable bonds is 7. The molecule has 2 aliphatic rings. The van der Waals surface area contributed by atoms with E-state index < -0.39 is 35.8 Å². The maximum Gasteiger partial charge on any atom is 0.330 e. The van der Waals surface area contributed by atoms with E-state index in [1.165, 1.54) is 35.7 Å². The number of ether oxygens (including phenoxy) is 1. The molecule has 2 aliphatic heterocycles. The van der Waals surface area contributed by atoms with Crippen molar-refractivity contribution in [3.63, 3.8) is 0 Å². The number of nitrogens with zero attached hydrogens (tertiary/aromatic N) is 2. The number of carbonyl (C=O) groups is 5. The summed E-state index contributed by atoms with van der Waals surface area (Å²) >= 11 is 1.46. The van der Waals surface area contributed by atoms with Gasteiger partial charge in [-0.25, -0.2) is 4.79 Å². The molecule has 2 aromatic carbocycles. The van der Waals surface area contributed by atoms with Crippen molar-refractivity contribution in [3.8, 4) is 0 Å². The number of esters is 1. The van der Waals surface area contributed by atoms with Crippen molar-refractivity contribution < 1.29 is 28.7 Å². The third kappa shape index (κ3) is 4.28. The zero-order valence-corrected chi connectivity index (χ0v) is 19.5. The number of amides is 4. The Morgan fingerprint density at radius 2 is 1.65 bits per heavy atom. The predicted molar refractivity (Wildman–Crippen MR) is 127 cm³/mol. The lowest BCUT2D eigenvalue weighted by Gasteiger charge is -2.31. The Balaban J connectivity index is 1.54. The number of fused-ring (bicyclic) bond motifs is 2. The van der Waals surface area contributed by atoms with Crippen LogP contribution in [0, 0.1) is 0 Å². The smallest absolute Gasteiger partial charge is 0.330 e. The van der Waals surface area contributed by atoms with E-state index in [0.29, 0.717) is 17.1 Å². The summed E-state index contributed by atoms with van der Waals surface area (Å²) in [6.07, 6.45) is 0.787. The second-order valence-electron chi connectivity index (χ2n) is 7.89. The molecule has 10 heteroatoms. The van der Waals surface area contributed by atoms with Gasteiger partial charge in [0, 0.05) is 0 Å². The van der Waals surface area contributed by atoms with Gasteiger partial charge in [-0.2, -0.15) is 11.8 Å². The average molecular weight is 482 g/mol. The van der Waals surface area contributed by atoms with Crippen molar-refractivity contribution >= 4 is 52.7 Å². The largest absolute Gasteiger partial charge is 0.451 e. The zero-order chi connectivity index (χ0) is 24.4. The molecule has 9 nitrogen and oxygen atoms in total. The lowest BCUT2D eigenvalue weighted by molar-refractivity contribution is -0.157. The van der Waals surface area contributed by atoms with Crippen LogP contribution < -0.4 is 10.2 Å². The number of benzene rings is 2. The van der Waals surface area contributed by atoms with Gasteiger partial charge in [0.2, 0.25) is 5.91 Å². The van der Waals surface area contributed by atoms with E-state index in [0.717, 1.165) is 4.90 Å². The molecule has 2 aromatic rings. The van der Waals surface area contributed by atoms with Gasteiger partial charge in [-0.3, -0.25) is 29.0 Å². The molecular formula is C24H23N3O6S. The lowest BCUT2D eigenvalue weighted by atomic mass is 10.1. The van der Waals surface area contributed by atoms with E-state index in [2.05, 4.69) is 5.32 Å². The minimum atomic E-state index is -1.24. The number of hydrogen-bond acceptors (Lipinski definition) is 7. The Morgan fingerprint density at radius 3 is 2.29 bits per heavy atom. The van der Waals surface area contributed by atoms with Crippen LogP contribution in [0.3, 0.4) is 0 Å². The number of anilines is 2. The quantitative estimate of drug-likeness (QED) is 0.477. The monoisotopic (exact) mass is 481 g/mol. The number of carbonyl (C=O) groups excluding carboxylic acids is 5. The highest BCUT2D eigenvalue weighted by Gasteiger charge is 2.44. The van der Waals surface area contributed by atoms with Gasteiger partial charge in [0.15, 0.2) is 6.10 Å². The number of para-hydroxylation sites is 2. The minimum absolute atomic E-state index is 0.182. The van der Waals surface area contributed by atoms with Crippen LogP contribution in [0.2, 0.25) is 0 Å². The van der Waals surface area contributed by atoms with Gasteiger partial charge in [-0.15, -0.1) is 0 Å². The molecule has 4 rings (SSSR count). The van der Waals surface area contributed by atoms with Gasteiger partial charge >= 0.3 is 5.97 Å². The standard InChI is InChI=1S/C24H23N3O6S/c1-14(21(29)26-13-20(28)25-17-9-5-6-10-18(17)26)33-24(32)19(11-12-34-2)27-22(30)15-7-3-4-8-16(15)23(27)31/h3-10,14,19H,11-13H2,1-2H3,(H,25,28)/t14-,19+/m1/s1. The highest BCUT2D eigenvalue weighted by molar-refractivity contribution is 7.98. The average Bonchev–Trinajstić information content (AvgIpc) is 3.08. The van der Waals surface area contributed by atoms with Gasteiger partial charge < -0.3 is 10.1 Å². The Kier molecular flexibility index (Phi) is 6.69. The number of thioether (sulfide) groups is 1. The SMILES string of the molecule is CSCC[C@@H](C(=O)O[C@H](C)C(=O)N1CC(=O)Nc2ccccc21)N1C(=O)c2ccccc2C1=O. The first-order valence-corrected chi connectivity index (χ1v) is 12.1. The van der Waals surface area contributed by atoms with Gasteiger partial charge in [-0.05, 0) is 49.6 Å². The number of hydrogen-bond donors (Lipinski definition) is 1. The van der Waals surface area contributed by atoms with Gasteiger partial charge in [-0.1, -0.05) is 24.3 Å². The third-order valence-electron chi connectivity index (χ3n) is 5.68. The fourth-order valence-corrected chi connectivity index (χ4v) is 4.48. The minimum Gasteiger partial charge on any atom is -0.451 e. The van der Waals surface area contributed by atoms with Gasteiger partial charge in [0.05, 0.1) is 22.5 Å². The van der Waals surface area contributed by atoms with Crippen LogP contribution in [-0.2, 0) is 19.1 Å². The molecule has 0 radical (unpaired) electrons. The summed E-state index contributed by atoms with van der Waals surface area (Å²) in [5.41, 5.74) is 1.44. The molecule has 0 fully saturated rings. The predicted octanol–water partition coefficient (Wildman–Crippen LogP) is 2.32. The van der Waals surface area contributed by atoms with Crippen LogP contribution in [0.4, 0.5) is 11.4 Å². The molecule has 1 N–H and O–H groups in total. The van der Waals surface area contributed by atoms with Crippen LogP contribution >= 0.6 is 11.8 Å². The summed E-state index contributed by atoms with van der Waals surface area (Å²) in [6, 6.07) is 12.0. The molecule has 0 saturated carbocycles. The molecule has 2 heterocycles. The maximum atomic E-state index is 13.2. The van der Waals surface area contributed by atoms with Crippen molar-refractivity contribution in [2.75, 3.05) is 28.8 Å². The van der Waals surface area contributed by atoms with Crippen LogP contribution in [0.25, 0.3) is 0 Å². The van der Waals surface area contributed by atoms with Crippen LogP contribution in [-0.4, -0.2) is 65.2 Å². The molecule has 0 aliphatic carbocycles. The Hall–Kier alpha value is -3.66. The van der Waals surface area contributed by atoms with E-state index in [4.69, 9.17) is 4.74 Å². The van der Waals surface area contributed by atoms with Crippen molar-refractivity contribution in [2.24, 2.45) is 0 Å². The highest BCUT2D eigenvalue weighted by Crippen LogP contribution is 2.30. The normalized spacial score (nSPS) is 16.5. The lowest BCUT2D eigenvalue weighted by Crippen LogP contribution is -2.50. The van der Waals surface area contributed by atoms with E-state index >= 15 is 0 Å². The van der Waals surface area contributed by atoms with Crippen molar-refractivity contribution in [3.05, 3.63) is 59.7 Å². The van der Waals surface area contributed by atoms with Crippen molar-refractivity contribution in [2.45, 2.75) is 25.5 Å². The summed E-state index contributed by atoms with van der Waals surface area (Å²) in [5.74, 6) is -2.43. The molecule has 0 unspecified atom stereocenters. The first-order chi connectivity index (χ1) is 16.3. The first-order valence-electron chi connectivity index (χ1n) is 10.7. The molecule has 0 bridgehead atoms. The van der Waals surface area contributed by atoms with Crippen LogP contribution in [0.5, 0.6) is 0 Å². The van der Waals surface area contributed by atoms with Crippen molar-refractivity contribution in [1.82, 2.24) is 4.90 Å². The summed E-state index contributed by atoms with van der Waals surface area (Å²) in [4.78, 5) is 66.4. The third-order valence-corrected chi connectivity index (χ3v) is 6.33. The molecule has 0 spiro atoms. The second kappa shape index (κ2) is 9.68. The number of imide groups is 1. The van der Waals surface area contributed by atoms with E-state index in [9.17, 15) is 24.0 Å². The Labute approximate surface area is 200 Å². The topological polar surface area (TPSA) is 113 Å². The van der Waals surface area contributed by atoms with Gasteiger partial charge in [0.25, 0.3) is 17.7 Å². The van der Waals surface area contributed by atoms with Crippen LogP contribution in [0.1, 0.15) is 34.1 Å². The summed E-state index contributed by atoms with van der Waals surface area (Å²) in [7, 11) is 0. The molecule has 4 amide bonds. The molecule has 2 atom stereocenters. The molecule has 0 saturated heterocycles. The van der Waals surface area contributed by atoms with E-state index in [-0.39, 0.29) is 30.0 Å². The zero-order valence-electron chi connectivity index (χ0n) is 18.6. The number of nitrogens with one attached hydrogen (secondary N) is 1. The first kappa shape index (κ1) is 23.5. The van der Waals surface area contributed by atoms with Crippen molar-refractivity contribution in [1.29, 1.82) is 0 Å². The molecule has 34 heavy (non-hydrogen) atoms. The maximum absolute atomic E-state index is 13.2. The van der Waals surface area contributed by atoms with E-state index in [1.807, 2.05) is 6.26 Å². The summed E-state index contributed by atoms with van der Waals surface area (Å²) < 4.78 is 5.47. The fraction of sp³-hybridized carbons (Fsp3) is 0.292. The highest BCUT2D eigenvalue weighted by atomic mass is 32.2. The molecule has 176 valence electrons. The second-order valence-corrected chi connectivity index (χ2v) is 8.88. The van der Waals surface area contributed by atoms with E-state index in [1.54, 1.807) is 36.4 Å².